The molecule has 2 aromatic heterocycles. The van der Waals surface area contributed by atoms with E-state index in [1.54, 1.807) is 19.2 Å². The van der Waals surface area contributed by atoms with Gasteiger partial charge >= 0.3 is 11.7 Å². The molecule has 0 aliphatic rings. The van der Waals surface area contributed by atoms with Gasteiger partial charge in [-0.05, 0) is 24.3 Å². The zero-order valence-electron chi connectivity index (χ0n) is 14.5. The van der Waals surface area contributed by atoms with Crippen LogP contribution >= 0.6 is 11.6 Å². The van der Waals surface area contributed by atoms with Gasteiger partial charge in [0.1, 0.15) is 0 Å². The Balaban J connectivity index is 1.55. The number of aryl methyl sites for hydroxylation is 2. The van der Waals surface area contributed by atoms with Gasteiger partial charge in [0.05, 0.1) is 23.1 Å². The second-order valence-electron chi connectivity index (χ2n) is 5.78. The second-order valence-corrected chi connectivity index (χ2v) is 6.14. The molecule has 0 radical (unpaired) electrons. The highest BCUT2D eigenvalue weighted by atomic mass is 35.5. The Morgan fingerprint density at radius 2 is 1.93 bits per heavy atom. The molecule has 1 aromatic carbocycles. The molecule has 8 nitrogen and oxygen atoms in total. The van der Waals surface area contributed by atoms with Crippen LogP contribution in [0.25, 0.3) is 11.0 Å². The van der Waals surface area contributed by atoms with Gasteiger partial charge in [-0.3, -0.25) is 18.7 Å². The summed E-state index contributed by atoms with van der Waals surface area (Å²) in [5.41, 5.74) is 1.64. The first-order valence-electron chi connectivity index (χ1n) is 8.17. The van der Waals surface area contributed by atoms with E-state index in [1.807, 2.05) is 24.3 Å². The Hall–Kier alpha value is -3.13. The van der Waals surface area contributed by atoms with Crippen molar-refractivity contribution in [2.45, 2.75) is 13.0 Å². The molecule has 0 fully saturated rings. The minimum absolute atomic E-state index is 0.0329. The smallest absolute Gasteiger partial charge is 0.328 e. The number of rotatable bonds is 6. The number of hydrogen-bond acceptors (Lipinski definition) is 5. The van der Waals surface area contributed by atoms with Crippen molar-refractivity contribution in [1.29, 1.82) is 0 Å². The normalized spacial score (nSPS) is 10.7. The van der Waals surface area contributed by atoms with Crippen LogP contribution in [0.1, 0.15) is 6.42 Å². The lowest BCUT2D eigenvalue weighted by molar-refractivity contribution is -0.147. The van der Waals surface area contributed by atoms with Crippen LogP contribution in [-0.2, 0) is 27.9 Å². The topological polar surface area (TPSA) is 95.2 Å². The minimum Gasteiger partial charge on any atom is -0.456 e. The molecule has 1 amide bonds. The number of imidazole rings is 1. The van der Waals surface area contributed by atoms with Crippen LogP contribution in [0.3, 0.4) is 0 Å². The largest absolute Gasteiger partial charge is 0.456 e. The van der Waals surface area contributed by atoms with Crippen LogP contribution in [0.15, 0.2) is 47.4 Å². The summed E-state index contributed by atoms with van der Waals surface area (Å²) >= 11 is 5.85. The predicted octanol–water partition coefficient (Wildman–Crippen LogP) is 1.96. The number of aromatic nitrogens is 3. The predicted molar refractivity (Wildman–Crippen MR) is 101 cm³/mol. The molecule has 0 spiro atoms. The van der Waals surface area contributed by atoms with Gasteiger partial charge in [0.2, 0.25) is 0 Å². The fourth-order valence-corrected chi connectivity index (χ4v) is 2.83. The summed E-state index contributed by atoms with van der Waals surface area (Å²) in [5.74, 6) is -1.11. The number of nitrogens with one attached hydrogen (secondary N) is 1. The van der Waals surface area contributed by atoms with Crippen molar-refractivity contribution in [2.24, 2.45) is 7.05 Å². The first-order chi connectivity index (χ1) is 13.0. The third-order valence-electron chi connectivity index (χ3n) is 3.99. The van der Waals surface area contributed by atoms with Gasteiger partial charge in [-0.25, -0.2) is 9.78 Å². The van der Waals surface area contributed by atoms with Gasteiger partial charge in [0.25, 0.3) is 5.91 Å². The number of carbonyl (C=O) groups excluding carboxylic acids is 2. The molecule has 3 aromatic rings. The van der Waals surface area contributed by atoms with Gasteiger partial charge < -0.3 is 10.1 Å². The quantitative estimate of drug-likeness (QED) is 0.514. The van der Waals surface area contributed by atoms with Crippen molar-refractivity contribution in [2.75, 3.05) is 11.9 Å². The summed E-state index contributed by atoms with van der Waals surface area (Å²) in [4.78, 5) is 39.9. The average Bonchev–Trinajstić information content (AvgIpc) is 2.91. The number of pyridine rings is 1. The molecule has 27 heavy (non-hydrogen) atoms. The van der Waals surface area contributed by atoms with Crippen LogP contribution in [0.5, 0.6) is 0 Å². The summed E-state index contributed by atoms with van der Waals surface area (Å²) in [6, 6.07) is 10.5. The lowest BCUT2D eigenvalue weighted by Gasteiger charge is -2.07. The molecule has 0 saturated heterocycles. The van der Waals surface area contributed by atoms with Crippen molar-refractivity contribution < 1.29 is 14.3 Å². The number of ether oxygens (including phenoxy) is 1. The Labute approximate surface area is 159 Å². The lowest BCUT2D eigenvalue weighted by Crippen LogP contribution is -2.25. The van der Waals surface area contributed by atoms with Crippen molar-refractivity contribution in [1.82, 2.24) is 14.1 Å². The molecule has 0 aliphatic carbocycles. The number of benzene rings is 1. The van der Waals surface area contributed by atoms with Crippen molar-refractivity contribution >= 4 is 40.2 Å². The molecule has 0 atom stereocenters. The summed E-state index contributed by atoms with van der Waals surface area (Å²) in [6.45, 7) is -0.288. The Bertz CT molecular complexity index is 1060. The number of para-hydroxylation sites is 2. The maximum atomic E-state index is 12.3. The summed E-state index contributed by atoms with van der Waals surface area (Å²) in [7, 11) is 1.67. The molecule has 0 bridgehead atoms. The fraction of sp³-hybridized carbons (Fsp3) is 0.222. The Morgan fingerprint density at radius 3 is 2.67 bits per heavy atom. The van der Waals surface area contributed by atoms with Crippen LogP contribution in [0.4, 0.5) is 5.69 Å². The third-order valence-corrected chi connectivity index (χ3v) is 4.29. The molecule has 140 valence electrons. The maximum absolute atomic E-state index is 12.3. The molecule has 2 heterocycles. The number of amides is 1. The highest BCUT2D eigenvalue weighted by Crippen LogP contribution is 2.17. The highest BCUT2D eigenvalue weighted by molar-refractivity contribution is 6.32. The molecular weight excluding hydrogens is 372 g/mol. The number of hydrogen-bond donors (Lipinski definition) is 1. The van der Waals surface area contributed by atoms with Gasteiger partial charge in [0, 0.05) is 19.8 Å². The molecule has 0 aliphatic heterocycles. The van der Waals surface area contributed by atoms with E-state index in [-0.39, 0.29) is 23.8 Å². The van der Waals surface area contributed by atoms with Crippen molar-refractivity contribution in [3.63, 3.8) is 0 Å². The van der Waals surface area contributed by atoms with Gasteiger partial charge in [0.15, 0.2) is 11.8 Å². The molecule has 0 unspecified atom stereocenters. The lowest BCUT2D eigenvalue weighted by atomic mass is 10.3. The van der Waals surface area contributed by atoms with E-state index in [0.29, 0.717) is 5.69 Å². The van der Waals surface area contributed by atoms with E-state index in [2.05, 4.69) is 10.3 Å². The second kappa shape index (κ2) is 8.05. The van der Waals surface area contributed by atoms with E-state index in [9.17, 15) is 14.4 Å². The van der Waals surface area contributed by atoms with E-state index in [0.717, 1.165) is 11.0 Å². The van der Waals surface area contributed by atoms with Gasteiger partial charge in [-0.2, -0.15) is 0 Å². The van der Waals surface area contributed by atoms with E-state index in [1.165, 1.54) is 15.3 Å². The van der Waals surface area contributed by atoms with Crippen LogP contribution < -0.4 is 11.0 Å². The van der Waals surface area contributed by atoms with Crippen LogP contribution in [0, 0.1) is 0 Å². The molecule has 1 N–H and O–H groups in total. The van der Waals surface area contributed by atoms with E-state index >= 15 is 0 Å². The van der Waals surface area contributed by atoms with Crippen LogP contribution in [0.2, 0.25) is 5.15 Å². The standard InChI is InChI=1S/C18H17ClN4O4/c1-22-13-6-2-3-7-14(13)23(18(22)26)10-8-16(25)27-11-15(24)21-12-5-4-9-20-17(12)19/h2-7,9H,8,10-11H2,1H3,(H,21,24). The number of anilines is 1. The zero-order valence-corrected chi connectivity index (χ0v) is 15.3. The number of fused-ring (bicyclic) bond motifs is 1. The SMILES string of the molecule is Cn1c(=O)n(CCC(=O)OCC(=O)Nc2cccnc2Cl)c2ccccc21. The maximum Gasteiger partial charge on any atom is 0.328 e. The van der Waals surface area contributed by atoms with Crippen molar-refractivity contribution in [3.8, 4) is 0 Å². The third kappa shape index (κ3) is 4.17. The van der Waals surface area contributed by atoms with Gasteiger partial charge in [-0.15, -0.1) is 0 Å². The summed E-state index contributed by atoms with van der Waals surface area (Å²) in [6.07, 6.45) is 1.46. The van der Waals surface area contributed by atoms with E-state index in [4.69, 9.17) is 16.3 Å². The zero-order chi connectivity index (χ0) is 19.4. The first kappa shape index (κ1) is 18.7. The van der Waals surface area contributed by atoms with Crippen LogP contribution in [-0.4, -0.2) is 32.6 Å². The summed E-state index contributed by atoms with van der Waals surface area (Å²) < 4.78 is 7.99. The number of halogens is 1. The average molecular weight is 389 g/mol. The first-order valence-corrected chi connectivity index (χ1v) is 8.55. The minimum atomic E-state index is -0.581. The molecule has 0 saturated carbocycles. The fourth-order valence-electron chi connectivity index (χ4n) is 2.67. The highest BCUT2D eigenvalue weighted by Gasteiger charge is 2.13. The van der Waals surface area contributed by atoms with Crippen molar-refractivity contribution in [3.05, 3.63) is 58.2 Å². The molecule has 3 rings (SSSR count). The number of esters is 1. The molecule has 9 heteroatoms. The number of nitrogens with zero attached hydrogens (tertiary/aromatic N) is 3. The Morgan fingerprint density at radius 1 is 1.19 bits per heavy atom. The number of carbonyl (C=O) groups is 2. The summed E-state index contributed by atoms with van der Waals surface area (Å²) in [5, 5.41) is 2.65. The van der Waals surface area contributed by atoms with E-state index < -0.39 is 18.5 Å². The van der Waals surface area contributed by atoms with Gasteiger partial charge in [-0.1, -0.05) is 23.7 Å². The molecular formula is C18H17ClN4O4. The Kier molecular flexibility index (Phi) is 5.56. The monoisotopic (exact) mass is 388 g/mol.